The van der Waals surface area contributed by atoms with Crippen molar-refractivity contribution in [2.24, 2.45) is 0 Å². The SMILES string of the molecule is O=C(NCc1cc2ccccc2[nH]c1=O)N1CCC(NC2CCC2)CC1. The first-order valence-electron chi connectivity index (χ1n) is 9.59. The first-order chi connectivity index (χ1) is 12.7. The van der Waals surface area contributed by atoms with Gasteiger partial charge in [0.1, 0.15) is 0 Å². The van der Waals surface area contributed by atoms with Gasteiger partial charge in [-0.25, -0.2) is 4.79 Å². The molecule has 1 aromatic carbocycles. The van der Waals surface area contributed by atoms with E-state index in [0.717, 1.165) is 36.8 Å². The number of likely N-dealkylation sites (tertiary alicyclic amines) is 1. The van der Waals surface area contributed by atoms with Gasteiger partial charge in [0.15, 0.2) is 0 Å². The number of aromatic nitrogens is 1. The number of pyridine rings is 1. The summed E-state index contributed by atoms with van der Waals surface area (Å²) in [6.45, 7) is 1.79. The number of benzene rings is 1. The third kappa shape index (κ3) is 3.75. The lowest BCUT2D eigenvalue weighted by Crippen LogP contribution is -2.51. The van der Waals surface area contributed by atoms with Crippen molar-refractivity contribution in [3.05, 3.63) is 46.2 Å². The molecule has 1 aromatic heterocycles. The van der Waals surface area contributed by atoms with Crippen molar-refractivity contribution < 1.29 is 4.79 Å². The number of piperidine rings is 1. The van der Waals surface area contributed by atoms with E-state index in [0.29, 0.717) is 17.6 Å². The fourth-order valence-corrected chi connectivity index (χ4v) is 3.76. The van der Waals surface area contributed by atoms with Gasteiger partial charge in [0.25, 0.3) is 5.56 Å². The van der Waals surface area contributed by atoms with Gasteiger partial charge in [0.05, 0.1) is 0 Å². The highest BCUT2D eigenvalue weighted by Crippen LogP contribution is 2.21. The molecule has 26 heavy (non-hydrogen) atoms. The van der Waals surface area contributed by atoms with E-state index in [1.54, 1.807) is 0 Å². The van der Waals surface area contributed by atoms with Gasteiger partial charge in [0.2, 0.25) is 0 Å². The molecule has 0 spiro atoms. The van der Waals surface area contributed by atoms with Gasteiger partial charge in [0, 0.05) is 42.8 Å². The maximum absolute atomic E-state index is 12.4. The maximum atomic E-state index is 12.4. The molecule has 6 nitrogen and oxygen atoms in total. The zero-order valence-corrected chi connectivity index (χ0v) is 15.0. The van der Waals surface area contributed by atoms with Gasteiger partial charge in [-0.2, -0.15) is 0 Å². The number of rotatable bonds is 4. The lowest BCUT2D eigenvalue weighted by molar-refractivity contribution is 0.168. The van der Waals surface area contributed by atoms with Crippen LogP contribution in [-0.2, 0) is 6.54 Å². The number of hydrogen-bond donors (Lipinski definition) is 3. The van der Waals surface area contributed by atoms with Crippen LogP contribution in [0, 0.1) is 0 Å². The standard InChI is InChI=1S/C20H26N4O2/c25-19-15(12-14-4-1-2-7-18(14)23-19)13-21-20(26)24-10-8-17(9-11-24)22-16-5-3-6-16/h1-2,4,7,12,16-17,22H,3,5-6,8-11,13H2,(H,21,26)(H,23,25). The third-order valence-electron chi connectivity index (χ3n) is 5.62. The van der Waals surface area contributed by atoms with Crippen LogP contribution in [-0.4, -0.2) is 41.1 Å². The second-order valence-electron chi connectivity index (χ2n) is 7.43. The summed E-state index contributed by atoms with van der Waals surface area (Å²) < 4.78 is 0. The number of fused-ring (bicyclic) bond motifs is 1. The molecule has 1 saturated heterocycles. The molecule has 6 heteroatoms. The molecule has 4 rings (SSSR count). The fraction of sp³-hybridized carbons (Fsp3) is 0.500. The van der Waals surface area contributed by atoms with E-state index in [1.165, 1.54) is 19.3 Å². The molecule has 1 saturated carbocycles. The van der Waals surface area contributed by atoms with Crippen LogP contribution in [0.3, 0.4) is 0 Å². The number of H-pyrrole nitrogens is 1. The minimum Gasteiger partial charge on any atom is -0.334 e. The van der Waals surface area contributed by atoms with Crippen molar-refractivity contribution in [2.75, 3.05) is 13.1 Å². The normalized spacial score (nSPS) is 18.7. The van der Waals surface area contributed by atoms with E-state index in [9.17, 15) is 9.59 Å². The van der Waals surface area contributed by atoms with Gasteiger partial charge >= 0.3 is 6.03 Å². The van der Waals surface area contributed by atoms with E-state index >= 15 is 0 Å². The number of aromatic amines is 1. The quantitative estimate of drug-likeness (QED) is 0.789. The molecule has 0 atom stereocenters. The lowest BCUT2D eigenvalue weighted by atomic mass is 9.91. The zero-order chi connectivity index (χ0) is 17.9. The minimum absolute atomic E-state index is 0.0837. The summed E-state index contributed by atoms with van der Waals surface area (Å²) in [5.41, 5.74) is 1.25. The van der Waals surface area contributed by atoms with Gasteiger partial charge in [-0.15, -0.1) is 0 Å². The Kier molecular flexibility index (Phi) is 4.93. The van der Waals surface area contributed by atoms with Crippen LogP contribution in [0.15, 0.2) is 35.1 Å². The first-order valence-corrected chi connectivity index (χ1v) is 9.59. The van der Waals surface area contributed by atoms with Crippen LogP contribution < -0.4 is 16.2 Å². The van der Waals surface area contributed by atoms with E-state index < -0.39 is 0 Å². The number of nitrogens with one attached hydrogen (secondary N) is 3. The van der Waals surface area contributed by atoms with Crippen LogP contribution in [0.25, 0.3) is 10.9 Å². The zero-order valence-electron chi connectivity index (χ0n) is 15.0. The summed E-state index contributed by atoms with van der Waals surface area (Å²) in [6, 6.07) is 10.7. The molecule has 2 amide bonds. The Hall–Kier alpha value is -2.34. The van der Waals surface area contributed by atoms with E-state index in [4.69, 9.17) is 0 Å². The maximum Gasteiger partial charge on any atom is 0.317 e. The molecule has 1 aliphatic carbocycles. The summed E-state index contributed by atoms with van der Waals surface area (Å²) in [7, 11) is 0. The highest BCUT2D eigenvalue weighted by molar-refractivity contribution is 5.79. The lowest BCUT2D eigenvalue weighted by Gasteiger charge is -2.37. The fourth-order valence-electron chi connectivity index (χ4n) is 3.76. The average molecular weight is 354 g/mol. The molecule has 0 bridgehead atoms. The molecule has 3 N–H and O–H groups in total. The van der Waals surface area contributed by atoms with Crippen LogP contribution in [0.4, 0.5) is 4.79 Å². The topological polar surface area (TPSA) is 77.2 Å². The van der Waals surface area contributed by atoms with Crippen molar-refractivity contribution in [3.8, 4) is 0 Å². The van der Waals surface area contributed by atoms with E-state index in [-0.39, 0.29) is 18.1 Å². The molecule has 138 valence electrons. The number of amides is 2. The van der Waals surface area contributed by atoms with E-state index in [2.05, 4.69) is 15.6 Å². The molecule has 0 radical (unpaired) electrons. The van der Waals surface area contributed by atoms with Crippen molar-refractivity contribution in [2.45, 2.75) is 50.7 Å². The Morgan fingerprint density at radius 1 is 1.12 bits per heavy atom. The van der Waals surface area contributed by atoms with E-state index in [1.807, 2.05) is 35.2 Å². The molecule has 2 aromatic rings. The van der Waals surface area contributed by atoms with Crippen molar-refractivity contribution in [1.82, 2.24) is 20.5 Å². The first kappa shape index (κ1) is 17.1. The van der Waals surface area contributed by atoms with Crippen LogP contribution in [0.5, 0.6) is 0 Å². The molecular weight excluding hydrogens is 328 g/mol. The minimum atomic E-state index is -0.146. The van der Waals surface area contributed by atoms with Crippen LogP contribution in [0.1, 0.15) is 37.7 Å². The highest BCUT2D eigenvalue weighted by Gasteiger charge is 2.26. The number of hydrogen-bond acceptors (Lipinski definition) is 3. The van der Waals surface area contributed by atoms with Crippen LogP contribution >= 0.6 is 0 Å². The molecule has 0 unspecified atom stereocenters. The third-order valence-corrected chi connectivity index (χ3v) is 5.62. The number of para-hydroxylation sites is 1. The number of carbonyl (C=O) groups excluding carboxylic acids is 1. The summed E-state index contributed by atoms with van der Waals surface area (Å²) in [5, 5.41) is 7.56. The summed E-state index contributed by atoms with van der Waals surface area (Å²) in [5.74, 6) is 0. The number of carbonyl (C=O) groups is 1. The monoisotopic (exact) mass is 354 g/mol. The van der Waals surface area contributed by atoms with Crippen LogP contribution in [0.2, 0.25) is 0 Å². The highest BCUT2D eigenvalue weighted by atomic mass is 16.2. The summed E-state index contributed by atoms with van der Waals surface area (Å²) in [6.07, 6.45) is 5.93. The van der Waals surface area contributed by atoms with Crippen molar-refractivity contribution >= 4 is 16.9 Å². The Balaban J connectivity index is 1.30. The summed E-state index contributed by atoms with van der Waals surface area (Å²) >= 11 is 0. The molecule has 2 aliphatic rings. The molecule has 1 aliphatic heterocycles. The Morgan fingerprint density at radius 3 is 2.58 bits per heavy atom. The Morgan fingerprint density at radius 2 is 1.85 bits per heavy atom. The predicted molar refractivity (Wildman–Crippen MR) is 102 cm³/mol. The van der Waals surface area contributed by atoms with Gasteiger partial charge in [-0.1, -0.05) is 24.6 Å². The number of urea groups is 1. The average Bonchev–Trinajstić information content (AvgIpc) is 2.63. The van der Waals surface area contributed by atoms with Gasteiger partial charge in [-0.3, -0.25) is 4.79 Å². The van der Waals surface area contributed by atoms with Crippen molar-refractivity contribution in [3.63, 3.8) is 0 Å². The largest absolute Gasteiger partial charge is 0.334 e. The van der Waals surface area contributed by atoms with Gasteiger partial charge in [-0.05, 0) is 43.2 Å². The van der Waals surface area contributed by atoms with Gasteiger partial charge < -0.3 is 20.5 Å². The Bertz CT molecular complexity index is 835. The second kappa shape index (κ2) is 7.50. The van der Waals surface area contributed by atoms with Crippen molar-refractivity contribution in [1.29, 1.82) is 0 Å². The molecule has 2 fully saturated rings. The smallest absolute Gasteiger partial charge is 0.317 e. The summed E-state index contributed by atoms with van der Waals surface area (Å²) in [4.78, 5) is 29.3. The number of nitrogens with zero attached hydrogens (tertiary/aromatic N) is 1. The second-order valence-corrected chi connectivity index (χ2v) is 7.43. The molecule has 2 heterocycles. The predicted octanol–water partition coefficient (Wildman–Crippen LogP) is 2.34. The Labute approximate surface area is 153 Å². The molecular formula is C20H26N4O2.